The maximum atomic E-state index is 14.0. The molecule has 0 bridgehead atoms. The number of halogens is 1. The highest BCUT2D eigenvalue weighted by molar-refractivity contribution is 7.18. The van der Waals surface area contributed by atoms with Crippen LogP contribution in [0.15, 0.2) is 24.3 Å². The predicted molar refractivity (Wildman–Crippen MR) is 86.4 cm³/mol. The van der Waals surface area contributed by atoms with Gasteiger partial charge in [-0.05, 0) is 38.5 Å². The average molecular weight is 301 g/mol. The number of anilines is 1. The monoisotopic (exact) mass is 301 g/mol. The highest BCUT2D eigenvalue weighted by Gasteiger charge is 2.16. The third kappa shape index (κ3) is 2.38. The Balaban J connectivity index is 2.29. The zero-order chi connectivity index (χ0) is 15.0. The summed E-state index contributed by atoms with van der Waals surface area (Å²) in [6.45, 7) is 6.92. The Bertz CT molecular complexity index is 811. The van der Waals surface area contributed by atoms with E-state index in [1.807, 2.05) is 6.92 Å². The maximum absolute atomic E-state index is 14.0. The molecule has 0 saturated heterocycles. The van der Waals surface area contributed by atoms with Gasteiger partial charge < -0.3 is 5.32 Å². The second-order valence-electron chi connectivity index (χ2n) is 4.87. The predicted octanol–water partition coefficient (Wildman–Crippen LogP) is 4.55. The Morgan fingerprint density at radius 3 is 2.67 bits per heavy atom. The van der Waals surface area contributed by atoms with Crippen LogP contribution in [0.1, 0.15) is 17.4 Å². The van der Waals surface area contributed by atoms with E-state index >= 15 is 0 Å². The van der Waals surface area contributed by atoms with E-state index in [1.54, 1.807) is 29.5 Å². The zero-order valence-corrected chi connectivity index (χ0v) is 13.0. The molecule has 1 aromatic carbocycles. The van der Waals surface area contributed by atoms with Crippen LogP contribution < -0.4 is 5.32 Å². The normalized spacial score (nSPS) is 11.0. The van der Waals surface area contributed by atoms with Gasteiger partial charge in [-0.25, -0.2) is 14.4 Å². The summed E-state index contributed by atoms with van der Waals surface area (Å²) in [5.41, 5.74) is 1.62. The number of aryl methyl sites for hydroxylation is 2. The van der Waals surface area contributed by atoms with Crippen molar-refractivity contribution in [3.63, 3.8) is 0 Å². The summed E-state index contributed by atoms with van der Waals surface area (Å²) in [4.78, 5) is 11.2. The van der Waals surface area contributed by atoms with Crippen LogP contribution in [0.2, 0.25) is 0 Å². The number of rotatable bonds is 3. The first-order valence-electron chi connectivity index (χ1n) is 6.88. The highest BCUT2D eigenvalue weighted by Crippen LogP contribution is 2.35. The molecule has 0 atom stereocenters. The molecule has 3 aromatic rings. The summed E-state index contributed by atoms with van der Waals surface area (Å²) in [6, 6.07) is 6.60. The molecule has 0 spiro atoms. The minimum absolute atomic E-state index is 0.302. The molecule has 0 saturated carbocycles. The fourth-order valence-electron chi connectivity index (χ4n) is 2.31. The molecule has 21 heavy (non-hydrogen) atoms. The van der Waals surface area contributed by atoms with Gasteiger partial charge in [0.1, 0.15) is 16.5 Å². The van der Waals surface area contributed by atoms with Crippen LogP contribution in [-0.4, -0.2) is 16.5 Å². The average Bonchev–Trinajstić information content (AvgIpc) is 2.75. The Hall–Kier alpha value is -2.01. The van der Waals surface area contributed by atoms with E-state index in [2.05, 4.69) is 29.1 Å². The molecular formula is C16H16FN3S. The number of nitrogens with zero attached hydrogens (tertiary/aromatic N) is 2. The summed E-state index contributed by atoms with van der Waals surface area (Å²) in [6.07, 6.45) is 0. The van der Waals surface area contributed by atoms with Crippen molar-refractivity contribution in [2.24, 2.45) is 0 Å². The molecule has 108 valence electrons. The molecule has 3 rings (SSSR count). The largest absolute Gasteiger partial charge is 0.370 e. The van der Waals surface area contributed by atoms with Gasteiger partial charge in [0, 0.05) is 11.4 Å². The van der Waals surface area contributed by atoms with Gasteiger partial charge in [0.2, 0.25) is 0 Å². The van der Waals surface area contributed by atoms with Crippen molar-refractivity contribution in [1.82, 2.24) is 9.97 Å². The third-order valence-electron chi connectivity index (χ3n) is 3.49. The Morgan fingerprint density at radius 1 is 1.19 bits per heavy atom. The Morgan fingerprint density at radius 2 is 1.95 bits per heavy atom. The summed E-state index contributed by atoms with van der Waals surface area (Å²) in [5.74, 6) is 0.907. The standard InChI is InChI=1S/C16H16FN3S/c1-4-18-15-13-9(2)10(3)21-16(13)20-14(19-15)11-7-5-6-8-12(11)17/h5-8H,4H2,1-3H3,(H,18,19,20). The molecule has 2 heterocycles. The molecular weight excluding hydrogens is 285 g/mol. The van der Waals surface area contributed by atoms with Gasteiger partial charge in [-0.15, -0.1) is 11.3 Å². The molecule has 0 unspecified atom stereocenters. The molecule has 1 N–H and O–H groups in total. The number of thiophene rings is 1. The molecule has 5 heteroatoms. The Labute approximate surface area is 126 Å². The third-order valence-corrected chi connectivity index (χ3v) is 4.59. The van der Waals surface area contributed by atoms with Crippen molar-refractivity contribution >= 4 is 27.4 Å². The van der Waals surface area contributed by atoms with Crippen LogP contribution in [0.3, 0.4) is 0 Å². The lowest BCUT2D eigenvalue weighted by atomic mass is 10.1. The van der Waals surface area contributed by atoms with Gasteiger partial charge in [-0.3, -0.25) is 0 Å². The smallest absolute Gasteiger partial charge is 0.166 e. The van der Waals surface area contributed by atoms with E-state index in [-0.39, 0.29) is 5.82 Å². The second-order valence-corrected chi connectivity index (χ2v) is 6.07. The van der Waals surface area contributed by atoms with Gasteiger partial charge in [0.15, 0.2) is 5.82 Å². The molecule has 2 aromatic heterocycles. The summed E-state index contributed by atoms with van der Waals surface area (Å²) >= 11 is 1.62. The van der Waals surface area contributed by atoms with Crippen LogP contribution in [0.5, 0.6) is 0 Å². The first-order valence-corrected chi connectivity index (χ1v) is 7.70. The number of aromatic nitrogens is 2. The number of benzene rings is 1. The minimum Gasteiger partial charge on any atom is -0.370 e. The number of nitrogens with one attached hydrogen (secondary N) is 1. The van der Waals surface area contributed by atoms with Crippen molar-refractivity contribution in [1.29, 1.82) is 0 Å². The SMILES string of the molecule is CCNc1nc(-c2ccccc2F)nc2sc(C)c(C)c12. The molecule has 0 aliphatic carbocycles. The number of hydrogen-bond acceptors (Lipinski definition) is 4. The topological polar surface area (TPSA) is 37.8 Å². The van der Waals surface area contributed by atoms with Gasteiger partial charge in [0.05, 0.1) is 10.9 Å². The van der Waals surface area contributed by atoms with Gasteiger partial charge in [0.25, 0.3) is 0 Å². The molecule has 0 amide bonds. The molecule has 0 aliphatic rings. The molecule has 0 aliphatic heterocycles. The van der Waals surface area contributed by atoms with Crippen LogP contribution >= 0.6 is 11.3 Å². The van der Waals surface area contributed by atoms with Gasteiger partial charge in [-0.1, -0.05) is 12.1 Å². The van der Waals surface area contributed by atoms with Gasteiger partial charge >= 0.3 is 0 Å². The van der Waals surface area contributed by atoms with Crippen LogP contribution in [0.25, 0.3) is 21.6 Å². The lowest BCUT2D eigenvalue weighted by Crippen LogP contribution is -2.03. The van der Waals surface area contributed by atoms with Gasteiger partial charge in [-0.2, -0.15) is 0 Å². The summed E-state index contributed by atoms with van der Waals surface area (Å²) in [5, 5.41) is 4.31. The quantitative estimate of drug-likeness (QED) is 0.771. The van der Waals surface area contributed by atoms with Crippen molar-refractivity contribution in [3.8, 4) is 11.4 Å². The molecule has 3 nitrogen and oxygen atoms in total. The lowest BCUT2D eigenvalue weighted by molar-refractivity contribution is 0.630. The summed E-state index contributed by atoms with van der Waals surface area (Å²) in [7, 11) is 0. The maximum Gasteiger partial charge on any atom is 0.166 e. The fourth-order valence-corrected chi connectivity index (χ4v) is 3.34. The van der Waals surface area contributed by atoms with Crippen LogP contribution in [0, 0.1) is 19.7 Å². The van der Waals surface area contributed by atoms with Crippen molar-refractivity contribution < 1.29 is 4.39 Å². The fraction of sp³-hybridized carbons (Fsp3) is 0.250. The van der Waals surface area contributed by atoms with E-state index in [0.717, 1.165) is 22.6 Å². The van der Waals surface area contributed by atoms with Crippen LogP contribution in [-0.2, 0) is 0 Å². The number of hydrogen-bond donors (Lipinski definition) is 1. The first kappa shape index (κ1) is 13.9. The number of fused-ring (bicyclic) bond motifs is 1. The minimum atomic E-state index is -0.302. The zero-order valence-electron chi connectivity index (χ0n) is 12.2. The van der Waals surface area contributed by atoms with Crippen molar-refractivity contribution in [2.75, 3.05) is 11.9 Å². The van der Waals surface area contributed by atoms with Crippen molar-refractivity contribution in [3.05, 3.63) is 40.5 Å². The molecule has 0 radical (unpaired) electrons. The van der Waals surface area contributed by atoms with Crippen molar-refractivity contribution in [2.45, 2.75) is 20.8 Å². The summed E-state index contributed by atoms with van der Waals surface area (Å²) < 4.78 is 14.0. The van der Waals surface area contributed by atoms with E-state index in [0.29, 0.717) is 11.4 Å². The first-order chi connectivity index (χ1) is 10.1. The highest BCUT2D eigenvalue weighted by atomic mass is 32.1. The van der Waals surface area contributed by atoms with E-state index < -0.39 is 0 Å². The van der Waals surface area contributed by atoms with E-state index in [1.165, 1.54) is 16.5 Å². The van der Waals surface area contributed by atoms with E-state index in [9.17, 15) is 4.39 Å². The molecule has 0 fully saturated rings. The second kappa shape index (κ2) is 5.41. The van der Waals surface area contributed by atoms with Crippen LogP contribution in [0.4, 0.5) is 10.2 Å². The lowest BCUT2D eigenvalue weighted by Gasteiger charge is -2.08. The Kier molecular flexibility index (Phi) is 3.59. The van der Waals surface area contributed by atoms with E-state index in [4.69, 9.17) is 0 Å².